The molecule has 0 aliphatic heterocycles. The number of hydrogen-bond donors (Lipinski definition) is 1. The minimum Gasteiger partial charge on any atom is -0.469 e. The number of aromatic nitrogens is 2. The number of ether oxygens (including phenoxy) is 1. The first kappa shape index (κ1) is 21.1. The van der Waals surface area contributed by atoms with E-state index in [0.717, 1.165) is 30.0 Å². The summed E-state index contributed by atoms with van der Waals surface area (Å²) in [6.45, 7) is 2.03. The van der Waals surface area contributed by atoms with Crippen molar-refractivity contribution in [2.75, 3.05) is 7.11 Å². The van der Waals surface area contributed by atoms with Gasteiger partial charge < -0.3 is 15.0 Å². The highest BCUT2D eigenvalue weighted by molar-refractivity contribution is 6.06. The van der Waals surface area contributed by atoms with Gasteiger partial charge in [-0.2, -0.15) is 4.98 Å². The zero-order chi connectivity index (χ0) is 22.2. The number of halogens is 2. The van der Waals surface area contributed by atoms with E-state index < -0.39 is 12.1 Å². The second kappa shape index (κ2) is 8.20. The minimum atomic E-state index is -2.83. The molecule has 2 aliphatic rings. The summed E-state index contributed by atoms with van der Waals surface area (Å²) in [7, 11) is 1.33. The fraction of sp³-hybridized carbons (Fsp3) is 0.455. The first-order chi connectivity index (χ1) is 14.8. The van der Waals surface area contributed by atoms with E-state index >= 15 is 0 Å². The van der Waals surface area contributed by atoms with E-state index in [1.165, 1.54) is 7.11 Å². The Balaban J connectivity index is 1.62. The van der Waals surface area contributed by atoms with Gasteiger partial charge in [-0.15, -0.1) is 0 Å². The van der Waals surface area contributed by atoms with Crippen molar-refractivity contribution in [1.82, 2.24) is 10.1 Å². The molecule has 0 radical (unpaired) electrons. The van der Waals surface area contributed by atoms with Gasteiger partial charge in [-0.25, -0.2) is 8.78 Å². The number of allylic oxidation sites excluding steroid dienone is 2. The zero-order valence-corrected chi connectivity index (χ0v) is 17.3. The molecule has 0 atom stereocenters. The van der Waals surface area contributed by atoms with Crippen molar-refractivity contribution >= 4 is 11.7 Å². The molecule has 4 rings (SSSR count). The Morgan fingerprint density at radius 2 is 2.06 bits per heavy atom. The van der Waals surface area contributed by atoms with Crippen LogP contribution in [0.5, 0.6) is 0 Å². The number of hydrogen-bond acceptors (Lipinski definition) is 7. The molecule has 7 nitrogen and oxygen atoms in total. The van der Waals surface area contributed by atoms with Gasteiger partial charge >= 0.3 is 5.97 Å². The number of methoxy groups -OCH3 is 1. The summed E-state index contributed by atoms with van der Waals surface area (Å²) >= 11 is 0. The second-order valence-corrected chi connectivity index (χ2v) is 8.12. The minimum absolute atomic E-state index is 0.0416. The Kier molecular flexibility index (Phi) is 5.60. The average molecular weight is 430 g/mol. The van der Waals surface area contributed by atoms with Crippen LogP contribution >= 0.6 is 0 Å². The van der Waals surface area contributed by atoms with Gasteiger partial charge in [0.05, 0.1) is 30.2 Å². The van der Waals surface area contributed by atoms with E-state index in [2.05, 4.69) is 15.1 Å². The van der Waals surface area contributed by atoms with Crippen LogP contribution in [0, 0.1) is 12.8 Å². The Labute approximate surface area is 178 Å². The standard InChI is InChI=1S/C22H24F2N4O3/c1-12-5-3-4-6-15(12)22(7-8-22)21-27-19(31-28-21)17(11-16(25)18(23)24)26-14-9-13(10-14)20(29)30-2/h3-6,11,13-14,18H,7-10,25H2,1-2H3/b16-11-,26-17?. The van der Waals surface area contributed by atoms with Crippen LogP contribution in [-0.4, -0.2) is 41.4 Å². The molecule has 0 saturated heterocycles. The molecule has 1 aromatic heterocycles. The third-order valence-electron chi connectivity index (χ3n) is 6.01. The van der Waals surface area contributed by atoms with Crippen LogP contribution in [0.3, 0.4) is 0 Å². The zero-order valence-electron chi connectivity index (χ0n) is 17.3. The first-order valence-electron chi connectivity index (χ1n) is 10.2. The number of carbonyl (C=O) groups is 1. The maximum atomic E-state index is 13.0. The van der Waals surface area contributed by atoms with Gasteiger partial charge in [0, 0.05) is 0 Å². The molecule has 2 N–H and O–H groups in total. The highest BCUT2D eigenvalue weighted by atomic mass is 19.3. The van der Waals surface area contributed by atoms with Crippen molar-refractivity contribution in [1.29, 1.82) is 0 Å². The Morgan fingerprint density at radius 1 is 1.35 bits per heavy atom. The van der Waals surface area contributed by atoms with Crippen LogP contribution in [0.1, 0.15) is 48.5 Å². The normalized spacial score (nSPS) is 22.9. The number of esters is 1. The van der Waals surface area contributed by atoms with Crippen LogP contribution in [-0.2, 0) is 14.9 Å². The molecule has 1 aromatic carbocycles. The van der Waals surface area contributed by atoms with Crippen LogP contribution in [0.15, 0.2) is 45.6 Å². The van der Waals surface area contributed by atoms with Gasteiger partial charge in [0.2, 0.25) is 0 Å². The van der Waals surface area contributed by atoms with Crippen molar-refractivity contribution in [2.45, 2.75) is 50.5 Å². The third-order valence-corrected chi connectivity index (χ3v) is 6.01. The summed E-state index contributed by atoms with van der Waals surface area (Å²) < 4.78 is 36.3. The number of carbonyl (C=O) groups excluding carboxylic acids is 1. The highest BCUT2D eigenvalue weighted by Gasteiger charge is 2.50. The van der Waals surface area contributed by atoms with Crippen molar-refractivity contribution < 1.29 is 22.8 Å². The lowest BCUT2D eigenvalue weighted by Gasteiger charge is -2.30. The lowest BCUT2D eigenvalue weighted by atomic mass is 9.80. The van der Waals surface area contributed by atoms with Gasteiger partial charge in [-0.1, -0.05) is 29.4 Å². The number of nitrogens with two attached hydrogens (primary N) is 1. The summed E-state index contributed by atoms with van der Waals surface area (Å²) in [5.74, 6) is 0.00428. The van der Waals surface area contributed by atoms with Crippen LogP contribution in [0.25, 0.3) is 0 Å². The van der Waals surface area contributed by atoms with Gasteiger partial charge in [-0.3, -0.25) is 9.79 Å². The molecule has 2 saturated carbocycles. The number of alkyl halides is 2. The average Bonchev–Trinajstić information content (AvgIpc) is 3.37. The number of aryl methyl sites for hydroxylation is 1. The molecule has 164 valence electrons. The quantitative estimate of drug-likeness (QED) is 0.534. The van der Waals surface area contributed by atoms with E-state index in [1.807, 2.05) is 31.2 Å². The van der Waals surface area contributed by atoms with Crippen molar-refractivity contribution in [3.63, 3.8) is 0 Å². The first-order valence-corrected chi connectivity index (χ1v) is 10.2. The van der Waals surface area contributed by atoms with Crippen molar-refractivity contribution in [2.24, 2.45) is 16.6 Å². The number of aliphatic imine (C=N–C) groups is 1. The van der Waals surface area contributed by atoms with Crippen LogP contribution in [0.2, 0.25) is 0 Å². The molecule has 9 heteroatoms. The van der Waals surface area contributed by atoms with Gasteiger partial charge in [0.25, 0.3) is 12.3 Å². The Morgan fingerprint density at radius 3 is 2.68 bits per heavy atom. The highest BCUT2D eigenvalue weighted by Crippen LogP contribution is 2.53. The number of nitrogens with zero attached hydrogens (tertiary/aromatic N) is 3. The van der Waals surface area contributed by atoms with E-state index in [4.69, 9.17) is 15.0 Å². The molecular formula is C22H24F2N4O3. The van der Waals surface area contributed by atoms with Crippen LogP contribution in [0.4, 0.5) is 8.78 Å². The predicted molar refractivity (Wildman–Crippen MR) is 109 cm³/mol. The van der Waals surface area contributed by atoms with Crippen LogP contribution < -0.4 is 5.73 Å². The van der Waals surface area contributed by atoms with Gasteiger partial charge in [0.15, 0.2) is 5.82 Å². The Bertz CT molecular complexity index is 1040. The monoisotopic (exact) mass is 430 g/mol. The molecule has 0 spiro atoms. The molecule has 2 fully saturated rings. The molecule has 0 amide bonds. The van der Waals surface area contributed by atoms with Gasteiger partial charge in [0.1, 0.15) is 5.71 Å². The summed E-state index contributed by atoms with van der Waals surface area (Å²) in [6, 6.07) is 7.78. The molecular weight excluding hydrogens is 406 g/mol. The lowest BCUT2D eigenvalue weighted by Crippen LogP contribution is -2.34. The van der Waals surface area contributed by atoms with Crippen molar-refractivity contribution in [3.8, 4) is 0 Å². The number of rotatable bonds is 7. The van der Waals surface area contributed by atoms with E-state index in [1.54, 1.807) is 0 Å². The smallest absolute Gasteiger partial charge is 0.308 e. The molecule has 31 heavy (non-hydrogen) atoms. The Hall–Kier alpha value is -3.10. The lowest BCUT2D eigenvalue weighted by molar-refractivity contribution is -0.148. The van der Waals surface area contributed by atoms with Gasteiger partial charge in [-0.05, 0) is 49.8 Å². The largest absolute Gasteiger partial charge is 0.469 e. The topological polar surface area (TPSA) is 104 Å². The summed E-state index contributed by atoms with van der Waals surface area (Å²) in [5.41, 5.74) is 6.86. The summed E-state index contributed by atoms with van der Waals surface area (Å²) in [4.78, 5) is 20.6. The van der Waals surface area contributed by atoms with E-state index in [-0.39, 0.29) is 34.9 Å². The fourth-order valence-corrected chi connectivity index (χ4v) is 3.99. The maximum absolute atomic E-state index is 13.0. The SMILES string of the molecule is COC(=O)C1CC(N=C(/C=C(\N)C(F)F)c2nc(C3(c4ccccc4C)CC3)no2)C1. The van der Waals surface area contributed by atoms with E-state index in [9.17, 15) is 13.6 Å². The molecule has 2 aromatic rings. The molecule has 0 bridgehead atoms. The fourth-order valence-electron chi connectivity index (χ4n) is 3.99. The summed E-state index contributed by atoms with van der Waals surface area (Å²) in [6.07, 6.45) is 0.919. The molecule has 0 unspecified atom stereocenters. The summed E-state index contributed by atoms with van der Waals surface area (Å²) in [5, 5.41) is 4.15. The maximum Gasteiger partial charge on any atom is 0.308 e. The predicted octanol–water partition coefficient (Wildman–Crippen LogP) is 3.31. The van der Waals surface area contributed by atoms with Crippen molar-refractivity contribution in [3.05, 3.63) is 58.9 Å². The third kappa shape index (κ3) is 4.08. The number of benzene rings is 1. The van der Waals surface area contributed by atoms with E-state index in [0.29, 0.717) is 18.7 Å². The second-order valence-electron chi connectivity index (χ2n) is 8.12. The molecule has 2 aliphatic carbocycles. The molecule has 1 heterocycles.